The summed E-state index contributed by atoms with van der Waals surface area (Å²) in [5, 5.41) is 5.98. The van der Waals surface area contributed by atoms with Gasteiger partial charge in [0.2, 0.25) is 0 Å². The van der Waals surface area contributed by atoms with E-state index in [9.17, 15) is 14.4 Å². The van der Waals surface area contributed by atoms with Gasteiger partial charge in [0, 0.05) is 17.1 Å². The number of hydrogen-bond acceptors (Lipinski definition) is 5. The lowest BCUT2D eigenvalue weighted by molar-refractivity contribution is -0.119. The highest BCUT2D eigenvalue weighted by atomic mass is 16.5. The maximum Gasteiger partial charge on any atom is 0.339 e. The number of nitrogens with zero attached hydrogens (tertiary/aromatic N) is 2. The largest absolute Gasteiger partial charge is 0.452 e. The number of fused-ring (bicyclic) bond motifs is 1. The number of pyridine rings is 1. The minimum atomic E-state index is -0.623. The van der Waals surface area contributed by atoms with Crippen LogP contribution in [0.5, 0.6) is 0 Å². The van der Waals surface area contributed by atoms with Gasteiger partial charge in [0.1, 0.15) is 5.82 Å². The fourth-order valence-electron chi connectivity index (χ4n) is 3.10. The Bertz CT molecular complexity index is 1290. The minimum Gasteiger partial charge on any atom is -0.452 e. The lowest BCUT2D eigenvalue weighted by Crippen LogP contribution is -2.21. The summed E-state index contributed by atoms with van der Waals surface area (Å²) >= 11 is 0. The Balaban J connectivity index is 1.44. The van der Waals surface area contributed by atoms with E-state index >= 15 is 0 Å². The number of anilines is 1. The molecule has 0 saturated carbocycles. The van der Waals surface area contributed by atoms with E-state index in [0.29, 0.717) is 27.8 Å². The quantitative estimate of drug-likeness (QED) is 0.499. The molecule has 1 amide bonds. The maximum absolute atomic E-state index is 12.5. The number of ether oxygens (including phenoxy) is 1. The molecular formula is C22H18N4O4. The number of para-hydroxylation sites is 2. The van der Waals surface area contributed by atoms with Crippen molar-refractivity contribution < 1.29 is 14.3 Å². The van der Waals surface area contributed by atoms with Gasteiger partial charge < -0.3 is 10.1 Å². The van der Waals surface area contributed by atoms with E-state index in [1.165, 1.54) is 10.7 Å². The summed E-state index contributed by atoms with van der Waals surface area (Å²) in [5.41, 5.74) is 2.00. The Morgan fingerprint density at radius 2 is 1.80 bits per heavy atom. The molecule has 8 heteroatoms. The van der Waals surface area contributed by atoms with E-state index < -0.39 is 18.5 Å². The minimum absolute atomic E-state index is 0.204. The summed E-state index contributed by atoms with van der Waals surface area (Å²) < 4.78 is 6.47. The second kappa shape index (κ2) is 8.04. The molecule has 4 rings (SSSR count). The number of carbonyl (C=O) groups is 2. The van der Waals surface area contributed by atoms with E-state index in [2.05, 4.69) is 15.4 Å². The molecule has 0 unspecified atom stereocenters. The number of aryl methyl sites for hydroxylation is 1. The normalized spacial score (nSPS) is 10.7. The van der Waals surface area contributed by atoms with Crippen LogP contribution in [-0.4, -0.2) is 33.2 Å². The number of H-pyrrole nitrogens is 1. The number of rotatable bonds is 5. The Morgan fingerprint density at radius 3 is 2.60 bits per heavy atom. The molecule has 150 valence electrons. The van der Waals surface area contributed by atoms with Gasteiger partial charge in [0.25, 0.3) is 11.5 Å². The fraction of sp³-hybridized carbons (Fsp3) is 0.0909. The first-order chi connectivity index (χ1) is 14.5. The first-order valence-electron chi connectivity index (χ1n) is 9.22. The predicted octanol–water partition coefficient (Wildman–Crippen LogP) is 2.82. The summed E-state index contributed by atoms with van der Waals surface area (Å²) in [6.07, 6.45) is 0. The number of aromatic amines is 1. The molecule has 0 aliphatic carbocycles. The standard InChI is InChI=1S/C22H18N4O4/c1-14-11-17(16-9-5-6-10-18(16)23-14)22(29)30-13-20(27)24-19-12-21(28)26(25-19)15-7-3-2-4-8-15/h2-12,25H,13H2,1H3,(H,24,27). The maximum atomic E-state index is 12.5. The van der Waals surface area contributed by atoms with Crippen molar-refractivity contribution in [3.05, 3.63) is 88.3 Å². The van der Waals surface area contributed by atoms with E-state index in [1.54, 1.807) is 55.5 Å². The SMILES string of the molecule is Cc1cc(C(=O)OCC(=O)Nc2cc(=O)n(-c3ccccc3)[nH]2)c2ccccc2n1. The zero-order chi connectivity index (χ0) is 21.1. The van der Waals surface area contributed by atoms with Crippen molar-refractivity contribution in [1.82, 2.24) is 14.8 Å². The molecule has 0 fully saturated rings. The average Bonchev–Trinajstić information content (AvgIpc) is 3.11. The second-order valence-electron chi connectivity index (χ2n) is 6.63. The molecule has 2 N–H and O–H groups in total. The van der Waals surface area contributed by atoms with Crippen molar-refractivity contribution in [3.8, 4) is 5.69 Å². The van der Waals surface area contributed by atoms with Crippen LogP contribution in [0.4, 0.5) is 5.82 Å². The number of benzene rings is 2. The van der Waals surface area contributed by atoms with Gasteiger partial charge in [-0.2, -0.15) is 0 Å². The van der Waals surface area contributed by atoms with E-state index in [-0.39, 0.29) is 11.4 Å². The Kier molecular flexibility index (Phi) is 5.13. The molecule has 0 atom stereocenters. The summed E-state index contributed by atoms with van der Waals surface area (Å²) in [6.45, 7) is 1.29. The molecule has 0 radical (unpaired) electrons. The van der Waals surface area contributed by atoms with Crippen LogP contribution in [0.2, 0.25) is 0 Å². The highest BCUT2D eigenvalue weighted by Crippen LogP contribution is 2.19. The van der Waals surface area contributed by atoms with Crippen LogP contribution >= 0.6 is 0 Å². The van der Waals surface area contributed by atoms with Crippen molar-refractivity contribution >= 4 is 28.6 Å². The van der Waals surface area contributed by atoms with Gasteiger partial charge in [0.05, 0.1) is 16.8 Å². The van der Waals surface area contributed by atoms with Crippen LogP contribution in [0, 0.1) is 6.92 Å². The molecule has 30 heavy (non-hydrogen) atoms. The van der Waals surface area contributed by atoms with Crippen LogP contribution in [0.1, 0.15) is 16.1 Å². The monoisotopic (exact) mass is 402 g/mol. The third-order valence-corrected chi connectivity index (χ3v) is 4.41. The van der Waals surface area contributed by atoms with Gasteiger partial charge >= 0.3 is 5.97 Å². The van der Waals surface area contributed by atoms with Crippen molar-refractivity contribution in [2.75, 3.05) is 11.9 Å². The summed E-state index contributed by atoms with van der Waals surface area (Å²) in [5.74, 6) is -0.989. The molecule has 0 aliphatic rings. The number of esters is 1. The molecule has 4 aromatic rings. The molecule has 2 aromatic carbocycles. The highest BCUT2D eigenvalue weighted by Gasteiger charge is 2.15. The third-order valence-electron chi connectivity index (χ3n) is 4.41. The number of hydrogen-bond donors (Lipinski definition) is 2. The van der Waals surface area contributed by atoms with Gasteiger partial charge in [-0.3, -0.25) is 19.7 Å². The van der Waals surface area contributed by atoms with Gasteiger partial charge in [-0.1, -0.05) is 36.4 Å². The van der Waals surface area contributed by atoms with Crippen LogP contribution < -0.4 is 10.9 Å². The van der Waals surface area contributed by atoms with Crippen molar-refractivity contribution in [3.63, 3.8) is 0 Å². The Morgan fingerprint density at radius 1 is 1.07 bits per heavy atom. The van der Waals surface area contributed by atoms with E-state index in [1.807, 2.05) is 12.1 Å². The molecule has 2 heterocycles. The highest BCUT2D eigenvalue weighted by molar-refractivity contribution is 6.04. The van der Waals surface area contributed by atoms with Gasteiger partial charge in [-0.15, -0.1) is 0 Å². The molecule has 0 saturated heterocycles. The first-order valence-corrected chi connectivity index (χ1v) is 9.22. The lowest BCUT2D eigenvalue weighted by atomic mass is 10.1. The van der Waals surface area contributed by atoms with Gasteiger partial charge in [0.15, 0.2) is 6.61 Å². The molecular weight excluding hydrogens is 384 g/mol. The smallest absolute Gasteiger partial charge is 0.339 e. The van der Waals surface area contributed by atoms with E-state index in [4.69, 9.17) is 4.74 Å². The molecule has 0 bridgehead atoms. The van der Waals surface area contributed by atoms with E-state index in [0.717, 1.165) is 0 Å². The summed E-state index contributed by atoms with van der Waals surface area (Å²) in [4.78, 5) is 41.2. The Hall–Kier alpha value is -4.20. The molecule has 0 aliphatic heterocycles. The Labute approximate surface area is 171 Å². The third kappa shape index (κ3) is 3.97. The zero-order valence-electron chi connectivity index (χ0n) is 16.1. The van der Waals surface area contributed by atoms with Gasteiger partial charge in [-0.25, -0.2) is 9.48 Å². The summed E-state index contributed by atoms with van der Waals surface area (Å²) in [7, 11) is 0. The number of amides is 1. The van der Waals surface area contributed by atoms with Crippen LogP contribution in [0.3, 0.4) is 0 Å². The van der Waals surface area contributed by atoms with Gasteiger partial charge in [-0.05, 0) is 31.2 Å². The first kappa shape index (κ1) is 19.1. The van der Waals surface area contributed by atoms with Crippen molar-refractivity contribution in [2.24, 2.45) is 0 Å². The van der Waals surface area contributed by atoms with Crippen LogP contribution in [-0.2, 0) is 9.53 Å². The van der Waals surface area contributed by atoms with Crippen molar-refractivity contribution in [2.45, 2.75) is 6.92 Å². The molecule has 2 aromatic heterocycles. The van der Waals surface area contributed by atoms with Crippen molar-refractivity contribution in [1.29, 1.82) is 0 Å². The molecule has 0 spiro atoms. The summed E-state index contributed by atoms with van der Waals surface area (Å²) in [6, 6.07) is 19.0. The second-order valence-corrected chi connectivity index (χ2v) is 6.63. The fourth-order valence-corrected chi connectivity index (χ4v) is 3.10. The predicted molar refractivity (Wildman–Crippen MR) is 112 cm³/mol. The van der Waals surface area contributed by atoms with Crippen LogP contribution in [0.15, 0.2) is 71.5 Å². The number of nitrogens with one attached hydrogen (secondary N) is 2. The zero-order valence-corrected chi connectivity index (χ0v) is 16.1. The number of carbonyl (C=O) groups excluding carboxylic acids is 2. The topological polar surface area (TPSA) is 106 Å². The lowest BCUT2D eigenvalue weighted by Gasteiger charge is -2.08. The van der Waals surface area contributed by atoms with Crippen LogP contribution in [0.25, 0.3) is 16.6 Å². The number of aromatic nitrogens is 3. The average molecular weight is 402 g/mol. The molecule has 8 nitrogen and oxygen atoms in total.